The Morgan fingerprint density at radius 3 is 2.84 bits per heavy atom. The van der Waals surface area contributed by atoms with Crippen molar-refractivity contribution in [2.45, 2.75) is 13.0 Å². The maximum Gasteiger partial charge on any atom is 0.257 e. The molecule has 7 heteroatoms. The van der Waals surface area contributed by atoms with Gasteiger partial charge >= 0.3 is 0 Å². The molecule has 1 aliphatic heterocycles. The molecule has 4 N–H and O–H groups in total. The van der Waals surface area contributed by atoms with Crippen LogP contribution in [0.15, 0.2) is 16.6 Å². The average Bonchev–Trinajstić information content (AvgIpc) is 2.62. The van der Waals surface area contributed by atoms with Gasteiger partial charge in [-0.05, 0) is 35.0 Å². The Kier molecular flexibility index (Phi) is 3.77. The van der Waals surface area contributed by atoms with Gasteiger partial charge < -0.3 is 21.1 Å². The summed E-state index contributed by atoms with van der Waals surface area (Å²) >= 11 is 3.38. The molecule has 0 saturated heterocycles. The van der Waals surface area contributed by atoms with Crippen LogP contribution < -0.4 is 16.0 Å². The fourth-order valence-electron chi connectivity index (χ4n) is 2.05. The zero-order valence-electron chi connectivity index (χ0n) is 10.3. The van der Waals surface area contributed by atoms with Crippen LogP contribution in [0.25, 0.3) is 0 Å². The minimum Gasteiger partial charge on any atom is -0.378 e. The zero-order valence-corrected chi connectivity index (χ0v) is 11.9. The highest BCUT2D eigenvalue weighted by molar-refractivity contribution is 9.10. The number of nitrogens with two attached hydrogens (primary N) is 1. The third-order valence-electron chi connectivity index (χ3n) is 2.99. The minimum atomic E-state index is -1.15. The van der Waals surface area contributed by atoms with Crippen LogP contribution in [0.3, 0.4) is 0 Å². The number of nitrogens with one attached hydrogen (secondary N) is 1. The fourth-order valence-corrected chi connectivity index (χ4v) is 2.66. The molecule has 0 bridgehead atoms. The lowest BCUT2D eigenvalue weighted by Crippen LogP contribution is -2.33. The van der Waals surface area contributed by atoms with Crippen LogP contribution >= 0.6 is 15.9 Å². The number of primary amides is 1. The summed E-state index contributed by atoms with van der Waals surface area (Å²) in [5, 5.41) is 12.3. The van der Waals surface area contributed by atoms with Gasteiger partial charge in [-0.3, -0.25) is 9.59 Å². The smallest absolute Gasteiger partial charge is 0.257 e. The molecule has 0 aliphatic carbocycles. The summed E-state index contributed by atoms with van der Waals surface area (Å²) in [4.78, 5) is 24.2. The van der Waals surface area contributed by atoms with E-state index in [1.165, 1.54) is 0 Å². The first kappa shape index (κ1) is 13.8. The number of aliphatic hydroxyl groups is 1. The second kappa shape index (κ2) is 5.18. The van der Waals surface area contributed by atoms with Crippen molar-refractivity contribution in [1.29, 1.82) is 0 Å². The number of likely N-dealkylation sites (N-methyl/N-ethyl adjacent to an activating group) is 1. The van der Waals surface area contributed by atoms with Gasteiger partial charge in [0.15, 0.2) is 6.10 Å². The van der Waals surface area contributed by atoms with E-state index in [9.17, 15) is 14.7 Å². The second-order valence-electron chi connectivity index (χ2n) is 4.26. The number of benzene rings is 1. The predicted octanol–water partition coefficient (Wildman–Crippen LogP) is 0.746. The van der Waals surface area contributed by atoms with Gasteiger partial charge in [-0.1, -0.05) is 0 Å². The monoisotopic (exact) mass is 327 g/mol. The molecule has 0 saturated carbocycles. The molecule has 6 nitrogen and oxygen atoms in total. The third kappa shape index (κ3) is 2.57. The van der Waals surface area contributed by atoms with Crippen molar-refractivity contribution in [3.8, 4) is 0 Å². The molecule has 19 heavy (non-hydrogen) atoms. The number of amides is 2. The number of carbonyl (C=O) groups is 2. The third-order valence-corrected chi connectivity index (χ3v) is 3.62. The standard InChI is InChI=1S/C12H14BrN3O3/c1-2-16(5-10(14)17)9-4-8-6(3-7(9)13)11(18)12(19)15-8/h3-4,11,18H,2,5H2,1H3,(H2,14,17)(H,15,19). The molecule has 1 aromatic carbocycles. The highest BCUT2D eigenvalue weighted by Crippen LogP contribution is 2.38. The van der Waals surface area contributed by atoms with Crippen LogP contribution in [0, 0.1) is 0 Å². The Morgan fingerprint density at radius 1 is 1.58 bits per heavy atom. The molecule has 1 aliphatic rings. The Bertz CT molecular complexity index is 547. The molecule has 0 aromatic heterocycles. The van der Waals surface area contributed by atoms with E-state index in [0.29, 0.717) is 22.3 Å². The van der Waals surface area contributed by atoms with Crippen LogP contribution in [0.5, 0.6) is 0 Å². The number of aliphatic hydroxyl groups excluding tert-OH is 1. The highest BCUT2D eigenvalue weighted by atomic mass is 79.9. The largest absolute Gasteiger partial charge is 0.378 e. The lowest BCUT2D eigenvalue weighted by atomic mass is 10.1. The average molecular weight is 328 g/mol. The molecule has 2 amide bonds. The molecule has 0 spiro atoms. The van der Waals surface area contributed by atoms with E-state index in [2.05, 4.69) is 21.2 Å². The SMILES string of the molecule is CCN(CC(N)=O)c1cc2c(cc1Br)C(O)C(=O)N2. The van der Waals surface area contributed by atoms with Gasteiger partial charge in [0.1, 0.15) is 0 Å². The van der Waals surface area contributed by atoms with E-state index in [-0.39, 0.29) is 6.54 Å². The second-order valence-corrected chi connectivity index (χ2v) is 5.12. The van der Waals surface area contributed by atoms with E-state index in [0.717, 1.165) is 5.69 Å². The molecular formula is C12H14BrN3O3. The van der Waals surface area contributed by atoms with E-state index in [4.69, 9.17) is 5.73 Å². The van der Waals surface area contributed by atoms with Crippen molar-refractivity contribution < 1.29 is 14.7 Å². The van der Waals surface area contributed by atoms with Crippen molar-refractivity contribution in [2.24, 2.45) is 5.73 Å². The van der Waals surface area contributed by atoms with Crippen molar-refractivity contribution >= 4 is 39.1 Å². The Labute approximate surface area is 118 Å². The summed E-state index contributed by atoms with van der Waals surface area (Å²) in [6.45, 7) is 2.58. The first-order chi connectivity index (χ1) is 8.93. The van der Waals surface area contributed by atoms with Gasteiger partial charge in [-0.15, -0.1) is 0 Å². The summed E-state index contributed by atoms with van der Waals surface area (Å²) in [6, 6.07) is 3.40. The van der Waals surface area contributed by atoms with Crippen LogP contribution in [0.2, 0.25) is 0 Å². The molecule has 1 heterocycles. The van der Waals surface area contributed by atoms with Gasteiger partial charge in [0.25, 0.3) is 5.91 Å². The first-order valence-electron chi connectivity index (χ1n) is 5.79. The van der Waals surface area contributed by atoms with E-state index in [1.807, 2.05) is 6.92 Å². The van der Waals surface area contributed by atoms with E-state index >= 15 is 0 Å². The fraction of sp³-hybridized carbons (Fsp3) is 0.333. The van der Waals surface area contributed by atoms with Crippen LogP contribution in [-0.2, 0) is 9.59 Å². The Morgan fingerprint density at radius 2 is 2.26 bits per heavy atom. The number of hydrogen-bond acceptors (Lipinski definition) is 4. The molecule has 1 aromatic rings. The number of hydrogen-bond donors (Lipinski definition) is 3. The lowest BCUT2D eigenvalue weighted by Gasteiger charge is -2.23. The number of nitrogens with zero attached hydrogens (tertiary/aromatic N) is 1. The summed E-state index contributed by atoms with van der Waals surface area (Å²) in [5.74, 6) is -0.879. The lowest BCUT2D eigenvalue weighted by molar-refractivity contribution is -0.123. The van der Waals surface area contributed by atoms with Crippen LogP contribution in [-0.4, -0.2) is 30.0 Å². The molecular weight excluding hydrogens is 314 g/mol. The maximum atomic E-state index is 11.4. The summed E-state index contributed by atoms with van der Waals surface area (Å²) in [5.41, 5.74) is 7.03. The summed E-state index contributed by atoms with van der Waals surface area (Å²) in [7, 11) is 0. The summed E-state index contributed by atoms with van der Waals surface area (Å²) in [6.07, 6.45) is -1.15. The van der Waals surface area contributed by atoms with Gasteiger partial charge in [-0.25, -0.2) is 0 Å². The van der Waals surface area contributed by atoms with Crippen molar-refractivity contribution in [3.63, 3.8) is 0 Å². The number of carbonyl (C=O) groups excluding carboxylic acids is 2. The molecule has 102 valence electrons. The molecule has 0 radical (unpaired) electrons. The van der Waals surface area contributed by atoms with Gasteiger partial charge in [0.2, 0.25) is 5.91 Å². The maximum absolute atomic E-state index is 11.4. The van der Waals surface area contributed by atoms with Gasteiger partial charge in [0.05, 0.1) is 12.2 Å². The van der Waals surface area contributed by atoms with Gasteiger partial charge in [-0.2, -0.15) is 0 Å². The molecule has 2 rings (SSSR count). The normalized spacial score (nSPS) is 17.0. The molecule has 0 fully saturated rings. The zero-order chi connectivity index (χ0) is 14.2. The number of halogens is 1. The predicted molar refractivity (Wildman–Crippen MR) is 74.8 cm³/mol. The van der Waals surface area contributed by atoms with E-state index < -0.39 is 17.9 Å². The Hall–Kier alpha value is -1.60. The van der Waals surface area contributed by atoms with Crippen molar-refractivity contribution in [1.82, 2.24) is 0 Å². The quantitative estimate of drug-likeness (QED) is 0.760. The highest BCUT2D eigenvalue weighted by Gasteiger charge is 2.30. The Balaban J connectivity index is 2.41. The molecule has 1 atom stereocenters. The molecule has 1 unspecified atom stereocenters. The minimum absolute atomic E-state index is 0.0877. The van der Waals surface area contributed by atoms with E-state index in [1.54, 1.807) is 17.0 Å². The topological polar surface area (TPSA) is 95.7 Å². The van der Waals surface area contributed by atoms with Gasteiger partial charge in [0, 0.05) is 22.3 Å². The van der Waals surface area contributed by atoms with Crippen LogP contribution in [0.1, 0.15) is 18.6 Å². The van der Waals surface area contributed by atoms with Crippen molar-refractivity contribution in [2.75, 3.05) is 23.3 Å². The number of fused-ring (bicyclic) bond motifs is 1. The number of anilines is 2. The van der Waals surface area contributed by atoms with Crippen molar-refractivity contribution in [3.05, 3.63) is 22.2 Å². The number of rotatable bonds is 4. The first-order valence-corrected chi connectivity index (χ1v) is 6.59. The summed E-state index contributed by atoms with van der Waals surface area (Å²) < 4.78 is 0.699. The van der Waals surface area contributed by atoms with Crippen LogP contribution in [0.4, 0.5) is 11.4 Å².